The minimum Gasteiger partial charge on any atom is -0.496 e. The molecule has 0 aliphatic heterocycles. The first-order valence-corrected chi connectivity index (χ1v) is 7.13. The van der Waals surface area contributed by atoms with Crippen LogP contribution in [0.5, 0.6) is 5.75 Å². The van der Waals surface area contributed by atoms with Crippen LogP contribution in [0.3, 0.4) is 0 Å². The third-order valence-electron chi connectivity index (χ3n) is 3.19. The Balaban J connectivity index is 2.75. The number of rotatable bonds is 5. The topological polar surface area (TPSA) is 52.3 Å². The van der Waals surface area contributed by atoms with Crippen molar-refractivity contribution < 1.29 is 9.53 Å². The molecule has 0 aromatic heterocycles. The summed E-state index contributed by atoms with van der Waals surface area (Å²) < 4.78 is 6.21. The molecule has 0 heterocycles. The molecule has 0 saturated carbocycles. The van der Waals surface area contributed by atoms with E-state index in [0.29, 0.717) is 12.8 Å². The lowest BCUT2D eigenvalue weighted by atomic mass is 9.84. The molecule has 1 rings (SSSR count). The summed E-state index contributed by atoms with van der Waals surface area (Å²) in [6, 6.07) is 5.54. The average Bonchev–Trinajstić information content (AvgIpc) is 2.27. The van der Waals surface area contributed by atoms with Gasteiger partial charge in [-0.15, -0.1) is 0 Å². The number of hydrogen-bond acceptors (Lipinski definition) is 3. The predicted octanol–water partition coefficient (Wildman–Crippen LogP) is 3.33. The van der Waals surface area contributed by atoms with E-state index in [4.69, 9.17) is 10.5 Å². The average molecular weight is 328 g/mol. The van der Waals surface area contributed by atoms with E-state index in [9.17, 15) is 4.79 Å². The Labute approximate surface area is 123 Å². The fourth-order valence-corrected chi connectivity index (χ4v) is 2.13. The van der Waals surface area contributed by atoms with Crippen LogP contribution in [0.4, 0.5) is 0 Å². The first-order chi connectivity index (χ1) is 8.74. The molecule has 0 amide bonds. The molecular weight excluding hydrogens is 306 g/mol. The van der Waals surface area contributed by atoms with Crippen LogP contribution in [0.15, 0.2) is 22.7 Å². The maximum Gasteiger partial charge on any atom is 0.138 e. The summed E-state index contributed by atoms with van der Waals surface area (Å²) in [5.74, 6) is 0.875. The number of carbonyl (C=O) groups is 1. The fourth-order valence-electron chi connectivity index (χ4n) is 1.72. The van der Waals surface area contributed by atoms with Crippen molar-refractivity contribution >= 4 is 21.7 Å². The zero-order chi connectivity index (χ0) is 14.6. The summed E-state index contributed by atoms with van der Waals surface area (Å²) in [5, 5.41) is 0. The van der Waals surface area contributed by atoms with E-state index in [1.54, 1.807) is 7.11 Å². The molecule has 1 aromatic carbocycles. The van der Waals surface area contributed by atoms with Crippen molar-refractivity contribution in [2.75, 3.05) is 7.11 Å². The second kappa shape index (κ2) is 6.53. The standard InChI is InChI=1S/C15H22BrNO2/c1-15(2,3)14(17)9-12(18)8-10-7-11(16)5-6-13(10)19-4/h5-7,14H,8-9,17H2,1-4H3. The molecule has 106 valence electrons. The minimum atomic E-state index is -0.127. The van der Waals surface area contributed by atoms with Gasteiger partial charge >= 0.3 is 0 Å². The second-order valence-corrected chi connectivity index (χ2v) is 6.76. The highest BCUT2D eigenvalue weighted by molar-refractivity contribution is 9.10. The highest BCUT2D eigenvalue weighted by Crippen LogP contribution is 2.25. The van der Waals surface area contributed by atoms with Gasteiger partial charge in [0.25, 0.3) is 0 Å². The maximum absolute atomic E-state index is 12.1. The van der Waals surface area contributed by atoms with E-state index in [1.165, 1.54) is 0 Å². The van der Waals surface area contributed by atoms with Gasteiger partial charge < -0.3 is 10.5 Å². The normalized spacial score (nSPS) is 13.2. The van der Waals surface area contributed by atoms with E-state index in [-0.39, 0.29) is 17.2 Å². The molecule has 0 fully saturated rings. The smallest absolute Gasteiger partial charge is 0.138 e. The zero-order valence-electron chi connectivity index (χ0n) is 12.0. The highest BCUT2D eigenvalue weighted by Gasteiger charge is 2.23. The van der Waals surface area contributed by atoms with Crippen molar-refractivity contribution in [1.29, 1.82) is 0 Å². The SMILES string of the molecule is COc1ccc(Br)cc1CC(=O)CC(N)C(C)(C)C. The molecule has 0 radical (unpaired) electrons. The van der Waals surface area contributed by atoms with Crippen molar-refractivity contribution in [1.82, 2.24) is 0 Å². The van der Waals surface area contributed by atoms with Crippen molar-refractivity contribution in [3.63, 3.8) is 0 Å². The molecule has 0 bridgehead atoms. The lowest BCUT2D eigenvalue weighted by molar-refractivity contribution is -0.119. The number of halogens is 1. The van der Waals surface area contributed by atoms with Crippen LogP contribution < -0.4 is 10.5 Å². The van der Waals surface area contributed by atoms with Gasteiger partial charge in [0.05, 0.1) is 7.11 Å². The van der Waals surface area contributed by atoms with Crippen LogP contribution in [0.1, 0.15) is 32.8 Å². The Morgan fingerprint density at radius 2 is 2.05 bits per heavy atom. The van der Waals surface area contributed by atoms with Crippen LogP contribution in [0.2, 0.25) is 0 Å². The van der Waals surface area contributed by atoms with Crippen LogP contribution in [0, 0.1) is 5.41 Å². The van der Waals surface area contributed by atoms with Gasteiger partial charge in [-0.05, 0) is 23.6 Å². The third kappa shape index (κ3) is 4.96. The van der Waals surface area contributed by atoms with Gasteiger partial charge in [0.15, 0.2) is 0 Å². The molecule has 1 aromatic rings. The van der Waals surface area contributed by atoms with Crippen LogP contribution >= 0.6 is 15.9 Å². The van der Waals surface area contributed by atoms with Gasteiger partial charge in [-0.1, -0.05) is 36.7 Å². The lowest BCUT2D eigenvalue weighted by Crippen LogP contribution is -2.37. The van der Waals surface area contributed by atoms with Crippen molar-refractivity contribution in [3.05, 3.63) is 28.2 Å². The number of carbonyl (C=O) groups excluding carboxylic acids is 1. The number of hydrogen-bond donors (Lipinski definition) is 1. The molecule has 0 spiro atoms. The highest BCUT2D eigenvalue weighted by atomic mass is 79.9. The van der Waals surface area contributed by atoms with Crippen LogP contribution in [0.25, 0.3) is 0 Å². The Bertz CT molecular complexity index is 452. The summed E-state index contributed by atoms with van der Waals surface area (Å²) in [6.07, 6.45) is 0.742. The molecule has 0 aliphatic rings. The summed E-state index contributed by atoms with van der Waals surface area (Å²) in [4.78, 5) is 12.1. The van der Waals surface area contributed by atoms with Gasteiger partial charge in [0.1, 0.15) is 11.5 Å². The zero-order valence-corrected chi connectivity index (χ0v) is 13.6. The predicted molar refractivity (Wildman–Crippen MR) is 81.5 cm³/mol. The van der Waals surface area contributed by atoms with Crippen LogP contribution in [-0.4, -0.2) is 18.9 Å². The summed E-state index contributed by atoms with van der Waals surface area (Å²) in [5.41, 5.74) is 6.88. The van der Waals surface area contributed by atoms with Gasteiger partial charge in [-0.2, -0.15) is 0 Å². The van der Waals surface area contributed by atoms with E-state index >= 15 is 0 Å². The minimum absolute atomic E-state index is 0.0585. The van der Waals surface area contributed by atoms with E-state index < -0.39 is 0 Å². The van der Waals surface area contributed by atoms with Crippen molar-refractivity contribution in [2.45, 2.75) is 39.7 Å². The summed E-state index contributed by atoms with van der Waals surface area (Å²) in [6.45, 7) is 6.14. The first kappa shape index (κ1) is 16.2. The molecule has 1 atom stereocenters. The van der Waals surface area contributed by atoms with Gasteiger partial charge in [-0.3, -0.25) is 4.79 Å². The van der Waals surface area contributed by atoms with Gasteiger partial charge in [0.2, 0.25) is 0 Å². The summed E-state index contributed by atoms with van der Waals surface area (Å²) >= 11 is 3.41. The summed E-state index contributed by atoms with van der Waals surface area (Å²) in [7, 11) is 1.61. The molecule has 0 aliphatic carbocycles. The molecule has 0 saturated heterocycles. The Kier molecular flexibility index (Phi) is 5.56. The largest absolute Gasteiger partial charge is 0.496 e. The van der Waals surface area contributed by atoms with E-state index in [1.807, 2.05) is 39.0 Å². The van der Waals surface area contributed by atoms with E-state index in [2.05, 4.69) is 15.9 Å². The van der Waals surface area contributed by atoms with Crippen LogP contribution in [-0.2, 0) is 11.2 Å². The number of ketones is 1. The maximum atomic E-state index is 12.1. The van der Waals surface area contributed by atoms with Gasteiger partial charge in [0, 0.05) is 28.9 Å². The first-order valence-electron chi connectivity index (χ1n) is 6.33. The lowest BCUT2D eigenvalue weighted by Gasteiger charge is -2.26. The van der Waals surface area contributed by atoms with Crippen molar-refractivity contribution in [2.24, 2.45) is 11.1 Å². The van der Waals surface area contributed by atoms with E-state index in [0.717, 1.165) is 15.8 Å². The Hall–Kier alpha value is -0.870. The number of benzene rings is 1. The third-order valence-corrected chi connectivity index (χ3v) is 3.68. The molecule has 3 nitrogen and oxygen atoms in total. The molecule has 19 heavy (non-hydrogen) atoms. The molecular formula is C15H22BrNO2. The fraction of sp³-hybridized carbons (Fsp3) is 0.533. The molecule has 4 heteroatoms. The van der Waals surface area contributed by atoms with Gasteiger partial charge in [-0.25, -0.2) is 0 Å². The number of Topliss-reactive ketones (excluding diaryl/α,β-unsaturated/α-hetero) is 1. The second-order valence-electron chi connectivity index (χ2n) is 5.85. The molecule has 1 unspecified atom stereocenters. The molecule has 2 N–H and O–H groups in total. The number of methoxy groups -OCH3 is 1. The number of ether oxygens (including phenoxy) is 1. The Morgan fingerprint density at radius 1 is 1.42 bits per heavy atom. The van der Waals surface area contributed by atoms with Crippen molar-refractivity contribution in [3.8, 4) is 5.75 Å². The number of nitrogens with two attached hydrogens (primary N) is 1. The monoisotopic (exact) mass is 327 g/mol. The quantitative estimate of drug-likeness (QED) is 0.902. The Morgan fingerprint density at radius 3 is 2.58 bits per heavy atom.